The standard InChI is InChI=1S/C11H12FN3O3/c12-5-1-2-7-8(3-5)18-9(11(17)15-7)4-6(13)10(14)16/h1-3,6,9H,4,13H2,(H2,14,16)(H,15,17). The summed E-state index contributed by atoms with van der Waals surface area (Å²) in [6.07, 6.45) is -1.02. The summed E-state index contributed by atoms with van der Waals surface area (Å²) in [6.45, 7) is 0. The van der Waals surface area contributed by atoms with Crippen LogP contribution in [0.4, 0.5) is 10.1 Å². The van der Waals surface area contributed by atoms with Gasteiger partial charge in [-0.15, -0.1) is 0 Å². The number of primary amides is 1. The molecular weight excluding hydrogens is 241 g/mol. The van der Waals surface area contributed by atoms with Gasteiger partial charge >= 0.3 is 0 Å². The number of ether oxygens (including phenoxy) is 1. The zero-order chi connectivity index (χ0) is 13.3. The zero-order valence-electron chi connectivity index (χ0n) is 9.35. The highest BCUT2D eigenvalue weighted by Gasteiger charge is 2.30. The Hall–Kier alpha value is -2.15. The molecule has 2 atom stereocenters. The molecule has 5 N–H and O–H groups in total. The van der Waals surface area contributed by atoms with E-state index in [4.69, 9.17) is 16.2 Å². The summed E-state index contributed by atoms with van der Waals surface area (Å²) >= 11 is 0. The van der Waals surface area contributed by atoms with Gasteiger partial charge in [-0.25, -0.2) is 4.39 Å². The predicted molar refractivity (Wildman–Crippen MR) is 61.2 cm³/mol. The number of carbonyl (C=O) groups excluding carboxylic acids is 2. The molecule has 0 saturated heterocycles. The number of hydrogen-bond acceptors (Lipinski definition) is 4. The Morgan fingerprint density at radius 2 is 2.28 bits per heavy atom. The summed E-state index contributed by atoms with van der Waals surface area (Å²) in [5.41, 5.74) is 10.8. The molecular formula is C11H12FN3O3. The van der Waals surface area contributed by atoms with Crippen molar-refractivity contribution in [3.8, 4) is 5.75 Å². The summed E-state index contributed by atoms with van der Waals surface area (Å²) in [6, 6.07) is 2.76. The molecule has 1 aromatic carbocycles. The minimum atomic E-state index is -0.990. The van der Waals surface area contributed by atoms with Crippen LogP contribution in [0.15, 0.2) is 18.2 Å². The molecule has 0 fully saturated rings. The maximum absolute atomic E-state index is 13.0. The van der Waals surface area contributed by atoms with Crippen LogP contribution in [0.25, 0.3) is 0 Å². The van der Waals surface area contributed by atoms with Crippen molar-refractivity contribution in [2.75, 3.05) is 5.32 Å². The van der Waals surface area contributed by atoms with Crippen LogP contribution in [-0.2, 0) is 9.59 Å². The molecule has 0 spiro atoms. The molecule has 7 heteroatoms. The third kappa shape index (κ3) is 2.40. The average Bonchev–Trinajstić information content (AvgIpc) is 2.30. The van der Waals surface area contributed by atoms with Crippen molar-refractivity contribution in [1.82, 2.24) is 0 Å². The highest BCUT2D eigenvalue weighted by molar-refractivity contribution is 5.98. The molecule has 2 rings (SSSR count). The Labute approximate surface area is 102 Å². The van der Waals surface area contributed by atoms with E-state index in [2.05, 4.69) is 5.32 Å². The minimum Gasteiger partial charge on any atom is -0.478 e. The highest BCUT2D eigenvalue weighted by Crippen LogP contribution is 2.30. The molecule has 1 aliphatic heterocycles. The van der Waals surface area contributed by atoms with Gasteiger partial charge in [-0.1, -0.05) is 0 Å². The summed E-state index contributed by atoms with van der Waals surface area (Å²) < 4.78 is 18.3. The number of halogens is 1. The van der Waals surface area contributed by atoms with Gasteiger partial charge in [0.05, 0.1) is 11.7 Å². The number of carbonyl (C=O) groups is 2. The van der Waals surface area contributed by atoms with Crippen molar-refractivity contribution >= 4 is 17.5 Å². The second-order valence-electron chi connectivity index (χ2n) is 3.98. The van der Waals surface area contributed by atoms with E-state index < -0.39 is 29.8 Å². The van der Waals surface area contributed by atoms with Crippen LogP contribution in [0.2, 0.25) is 0 Å². The lowest BCUT2D eigenvalue weighted by molar-refractivity contribution is -0.125. The third-order valence-corrected chi connectivity index (χ3v) is 2.60. The first-order valence-corrected chi connectivity index (χ1v) is 5.29. The van der Waals surface area contributed by atoms with Crippen molar-refractivity contribution in [2.24, 2.45) is 11.5 Å². The van der Waals surface area contributed by atoms with E-state index in [0.717, 1.165) is 6.07 Å². The number of rotatable bonds is 3. The van der Waals surface area contributed by atoms with Gasteiger partial charge in [-0.2, -0.15) is 0 Å². The monoisotopic (exact) mass is 253 g/mol. The molecule has 0 aromatic heterocycles. The summed E-state index contributed by atoms with van der Waals surface area (Å²) in [4.78, 5) is 22.5. The number of nitrogens with two attached hydrogens (primary N) is 2. The first-order valence-electron chi connectivity index (χ1n) is 5.29. The van der Waals surface area contributed by atoms with Gasteiger partial charge < -0.3 is 21.5 Å². The zero-order valence-corrected chi connectivity index (χ0v) is 9.35. The maximum Gasteiger partial charge on any atom is 0.265 e. The Kier molecular flexibility index (Phi) is 3.15. The predicted octanol–water partition coefficient (Wildman–Crippen LogP) is -0.272. The summed E-state index contributed by atoms with van der Waals surface area (Å²) in [7, 11) is 0. The van der Waals surface area contributed by atoms with Gasteiger partial charge in [0.1, 0.15) is 11.6 Å². The second-order valence-corrected chi connectivity index (χ2v) is 3.98. The molecule has 6 nitrogen and oxygen atoms in total. The van der Waals surface area contributed by atoms with Crippen LogP contribution in [0, 0.1) is 5.82 Å². The van der Waals surface area contributed by atoms with Crippen molar-refractivity contribution in [1.29, 1.82) is 0 Å². The molecule has 0 aliphatic carbocycles. The Balaban J connectivity index is 2.17. The molecule has 96 valence electrons. The number of benzene rings is 1. The fraction of sp³-hybridized carbons (Fsp3) is 0.273. The van der Waals surface area contributed by atoms with Crippen LogP contribution in [0.1, 0.15) is 6.42 Å². The highest BCUT2D eigenvalue weighted by atomic mass is 19.1. The minimum absolute atomic E-state index is 0.0584. The smallest absolute Gasteiger partial charge is 0.265 e. The van der Waals surface area contributed by atoms with E-state index in [-0.39, 0.29) is 12.2 Å². The molecule has 0 radical (unpaired) electrons. The SMILES string of the molecule is NC(=O)C(N)CC1Oc2cc(F)ccc2NC1=O. The van der Waals surface area contributed by atoms with Gasteiger partial charge in [0.25, 0.3) is 5.91 Å². The van der Waals surface area contributed by atoms with E-state index in [0.29, 0.717) is 5.69 Å². The van der Waals surface area contributed by atoms with E-state index in [1.165, 1.54) is 12.1 Å². The topological polar surface area (TPSA) is 107 Å². The molecule has 0 saturated carbocycles. The number of anilines is 1. The van der Waals surface area contributed by atoms with Gasteiger partial charge in [-0.05, 0) is 12.1 Å². The fourth-order valence-corrected chi connectivity index (χ4v) is 1.62. The molecule has 1 heterocycles. The largest absolute Gasteiger partial charge is 0.478 e. The second kappa shape index (κ2) is 4.61. The van der Waals surface area contributed by atoms with E-state index in [1.807, 2.05) is 0 Å². The number of hydrogen-bond donors (Lipinski definition) is 3. The lowest BCUT2D eigenvalue weighted by atomic mass is 10.1. The van der Waals surface area contributed by atoms with Crippen molar-refractivity contribution in [3.05, 3.63) is 24.0 Å². The third-order valence-electron chi connectivity index (χ3n) is 2.60. The van der Waals surface area contributed by atoms with Crippen LogP contribution in [0.3, 0.4) is 0 Å². The van der Waals surface area contributed by atoms with Gasteiger partial charge in [0.15, 0.2) is 6.10 Å². The van der Waals surface area contributed by atoms with Crippen molar-refractivity contribution in [3.63, 3.8) is 0 Å². The van der Waals surface area contributed by atoms with Gasteiger partial charge in [0.2, 0.25) is 5.91 Å². The van der Waals surface area contributed by atoms with E-state index >= 15 is 0 Å². The Bertz CT molecular complexity index is 506. The maximum atomic E-state index is 13.0. The number of fused-ring (bicyclic) bond motifs is 1. The molecule has 0 bridgehead atoms. The Morgan fingerprint density at radius 3 is 2.94 bits per heavy atom. The first-order chi connectivity index (χ1) is 8.47. The molecule has 1 aromatic rings. The molecule has 1 aliphatic rings. The van der Waals surface area contributed by atoms with Crippen LogP contribution in [0.5, 0.6) is 5.75 Å². The van der Waals surface area contributed by atoms with Crippen LogP contribution < -0.4 is 21.5 Å². The molecule has 2 amide bonds. The lowest BCUT2D eigenvalue weighted by Crippen LogP contribution is -2.45. The van der Waals surface area contributed by atoms with E-state index in [1.54, 1.807) is 0 Å². The summed E-state index contributed by atoms with van der Waals surface area (Å²) in [5.74, 6) is -1.44. The quantitative estimate of drug-likeness (QED) is 0.689. The molecule has 2 unspecified atom stereocenters. The van der Waals surface area contributed by atoms with Crippen molar-refractivity contribution in [2.45, 2.75) is 18.6 Å². The van der Waals surface area contributed by atoms with Crippen LogP contribution >= 0.6 is 0 Å². The van der Waals surface area contributed by atoms with Gasteiger partial charge in [0, 0.05) is 12.5 Å². The normalized spacial score (nSPS) is 19.4. The first kappa shape index (κ1) is 12.3. The summed E-state index contributed by atoms with van der Waals surface area (Å²) in [5, 5.41) is 2.54. The van der Waals surface area contributed by atoms with Crippen LogP contribution in [-0.4, -0.2) is 24.0 Å². The van der Waals surface area contributed by atoms with Crippen molar-refractivity contribution < 1.29 is 18.7 Å². The van der Waals surface area contributed by atoms with Gasteiger partial charge in [-0.3, -0.25) is 9.59 Å². The lowest BCUT2D eigenvalue weighted by Gasteiger charge is -2.26. The number of nitrogens with one attached hydrogen (secondary N) is 1. The fourth-order valence-electron chi connectivity index (χ4n) is 1.62. The number of amides is 2. The molecule has 18 heavy (non-hydrogen) atoms. The average molecular weight is 253 g/mol. The van der Waals surface area contributed by atoms with E-state index in [9.17, 15) is 14.0 Å². The Morgan fingerprint density at radius 1 is 1.56 bits per heavy atom.